The molecule has 1 unspecified atom stereocenters. The zero-order chi connectivity index (χ0) is 23.4. The number of amides is 1. The normalized spacial score (nSPS) is 14.5. The number of benzene rings is 3. The SMILES string of the molecule is O=C(Nc1ccc(Cl)cc1C(O)c1ccccc1)c1ccc(N2CCCCC2)c([N+](=O)[O-])c1. The molecular formula is C25H24ClN3O4. The smallest absolute Gasteiger partial charge is 0.293 e. The average molecular weight is 466 g/mol. The Kier molecular flexibility index (Phi) is 6.91. The van der Waals surface area contributed by atoms with Crippen LogP contribution in [0.25, 0.3) is 0 Å². The van der Waals surface area contributed by atoms with Gasteiger partial charge in [-0.1, -0.05) is 41.9 Å². The maximum Gasteiger partial charge on any atom is 0.293 e. The third kappa shape index (κ3) is 5.16. The van der Waals surface area contributed by atoms with Crippen LogP contribution in [0.2, 0.25) is 5.02 Å². The van der Waals surface area contributed by atoms with Crippen LogP contribution in [-0.4, -0.2) is 29.0 Å². The van der Waals surface area contributed by atoms with Crippen molar-refractivity contribution in [3.63, 3.8) is 0 Å². The van der Waals surface area contributed by atoms with Crippen molar-refractivity contribution in [3.8, 4) is 0 Å². The summed E-state index contributed by atoms with van der Waals surface area (Å²) in [6.45, 7) is 1.52. The molecule has 2 N–H and O–H groups in total. The molecule has 1 atom stereocenters. The van der Waals surface area contributed by atoms with Crippen molar-refractivity contribution < 1.29 is 14.8 Å². The number of anilines is 2. The monoisotopic (exact) mass is 465 g/mol. The molecule has 1 heterocycles. The second-order valence-electron chi connectivity index (χ2n) is 8.01. The van der Waals surface area contributed by atoms with E-state index < -0.39 is 16.9 Å². The molecule has 1 amide bonds. The fourth-order valence-electron chi connectivity index (χ4n) is 4.10. The van der Waals surface area contributed by atoms with Gasteiger partial charge in [-0.05, 0) is 55.2 Å². The lowest BCUT2D eigenvalue weighted by atomic mass is 9.99. The highest BCUT2D eigenvalue weighted by Gasteiger charge is 2.24. The van der Waals surface area contributed by atoms with Gasteiger partial charge in [0, 0.05) is 41.0 Å². The van der Waals surface area contributed by atoms with Crippen LogP contribution in [0.3, 0.4) is 0 Å². The van der Waals surface area contributed by atoms with Crippen LogP contribution in [0.4, 0.5) is 17.1 Å². The number of hydrogen-bond acceptors (Lipinski definition) is 5. The molecule has 4 rings (SSSR count). The number of rotatable bonds is 6. The van der Waals surface area contributed by atoms with Gasteiger partial charge in [0.05, 0.1) is 4.92 Å². The standard InChI is InChI=1S/C25H24ClN3O4/c26-19-10-11-21(20(16-19)24(30)17-7-3-1-4-8-17)27-25(31)18-9-12-22(23(15-18)29(32)33)28-13-5-2-6-14-28/h1,3-4,7-12,15-16,24,30H,2,5-6,13-14H2,(H,27,31). The molecule has 0 aromatic heterocycles. The molecule has 3 aromatic rings. The van der Waals surface area contributed by atoms with E-state index in [1.807, 2.05) is 23.1 Å². The summed E-state index contributed by atoms with van der Waals surface area (Å²) in [7, 11) is 0. The van der Waals surface area contributed by atoms with Gasteiger partial charge in [0.15, 0.2) is 0 Å². The molecule has 0 saturated carbocycles. The Bertz CT molecular complexity index is 1160. The topological polar surface area (TPSA) is 95.7 Å². The fourth-order valence-corrected chi connectivity index (χ4v) is 4.28. The molecule has 33 heavy (non-hydrogen) atoms. The largest absolute Gasteiger partial charge is 0.384 e. The first-order valence-corrected chi connectivity index (χ1v) is 11.2. The lowest BCUT2D eigenvalue weighted by Gasteiger charge is -2.28. The van der Waals surface area contributed by atoms with Crippen LogP contribution in [0.1, 0.15) is 46.9 Å². The van der Waals surface area contributed by atoms with Gasteiger partial charge in [0.2, 0.25) is 0 Å². The van der Waals surface area contributed by atoms with Gasteiger partial charge in [-0.2, -0.15) is 0 Å². The lowest BCUT2D eigenvalue weighted by molar-refractivity contribution is -0.384. The molecule has 8 heteroatoms. The maximum absolute atomic E-state index is 13.0. The molecule has 1 aliphatic heterocycles. The van der Waals surface area contributed by atoms with E-state index in [0.29, 0.717) is 27.5 Å². The minimum atomic E-state index is -1.00. The number of carbonyl (C=O) groups excluding carboxylic acids is 1. The van der Waals surface area contributed by atoms with Gasteiger partial charge in [-0.3, -0.25) is 14.9 Å². The first-order valence-electron chi connectivity index (χ1n) is 10.8. The number of aliphatic hydroxyl groups is 1. The Balaban J connectivity index is 1.62. The number of aliphatic hydroxyl groups excluding tert-OH is 1. The number of nitro groups is 1. The van der Waals surface area contributed by atoms with Crippen molar-refractivity contribution in [1.82, 2.24) is 0 Å². The van der Waals surface area contributed by atoms with Crippen LogP contribution >= 0.6 is 11.6 Å². The molecule has 1 fully saturated rings. The van der Waals surface area contributed by atoms with Crippen molar-refractivity contribution in [2.75, 3.05) is 23.3 Å². The Morgan fingerprint density at radius 2 is 1.76 bits per heavy atom. The molecule has 0 radical (unpaired) electrons. The van der Waals surface area contributed by atoms with Crippen LogP contribution in [-0.2, 0) is 0 Å². The third-order valence-electron chi connectivity index (χ3n) is 5.80. The van der Waals surface area contributed by atoms with E-state index in [0.717, 1.165) is 32.4 Å². The number of hydrogen-bond donors (Lipinski definition) is 2. The summed E-state index contributed by atoms with van der Waals surface area (Å²) in [5.74, 6) is -0.507. The predicted octanol–water partition coefficient (Wildman–Crippen LogP) is 5.57. The van der Waals surface area contributed by atoms with Gasteiger partial charge in [-0.15, -0.1) is 0 Å². The summed E-state index contributed by atoms with van der Waals surface area (Å²) in [5, 5.41) is 25.8. The van der Waals surface area contributed by atoms with Crippen LogP contribution < -0.4 is 10.2 Å². The molecule has 3 aromatic carbocycles. The van der Waals surface area contributed by atoms with Gasteiger partial charge in [-0.25, -0.2) is 0 Å². The Hall–Kier alpha value is -3.42. The zero-order valence-electron chi connectivity index (χ0n) is 17.9. The van der Waals surface area contributed by atoms with E-state index in [4.69, 9.17) is 11.6 Å². The number of nitrogens with zero attached hydrogens (tertiary/aromatic N) is 2. The van der Waals surface area contributed by atoms with E-state index in [2.05, 4.69) is 5.32 Å². The summed E-state index contributed by atoms with van der Waals surface area (Å²) in [6, 6.07) is 18.4. The molecule has 0 spiro atoms. The predicted molar refractivity (Wildman–Crippen MR) is 129 cm³/mol. The first-order chi connectivity index (χ1) is 15.9. The minimum absolute atomic E-state index is 0.0924. The highest BCUT2D eigenvalue weighted by Crippen LogP contribution is 2.33. The number of nitro benzene ring substituents is 1. The number of piperidine rings is 1. The number of carbonyl (C=O) groups is 1. The Morgan fingerprint density at radius 3 is 2.45 bits per heavy atom. The number of nitrogens with one attached hydrogen (secondary N) is 1. The quantitative estimate of drug-likeness (QED) is 0.366. The summed E-state index contributed by atoms with van der Waals surface area (Å²) in [5.41, 5.74) is 2.06. The van der Waals surface area contributed by atoms with Gasteiger partial charge in [0.1, 0.15) is 11.8 Å². The van der Waals surface area contributed by atoms with E-state index in [1.54, 1.807) is 42.5 Å². The van der Waals surface area contributed by atoms with Gasteiger partial charge in [0.25, 0.3) is 11.6 Å². The lowest BCUT2D eigenvalue weighted by Crippen LogP contribution is -2.30. The molecular weight excluding hydrogens is 442 g/mol. The van der Waals surface area contributed by atoms with Crippen LogP contribution in [0.5, 0.6) is 0 Å². The van der Waals surface area contributed by atoms with E-state index in [1.165, 1.54) is 6.07 Å². The van der Waals surface area contributed by atoms with E-state index >= 15 is 0 Å². The molecule has 1 saturated heterocycles. The van der Waals surface area contributed by atoms with E-state index in [9.17, 15) is 20.0 Å². The second-order valence-corrected chi connectivity index (χ2v) is 8.44. The first kappa shape index (κ1) is 22.8. The zero-order valence-corrected chi connectivity index (χ0v) is 18.7. The molecule has 0 aliphatic carbocycles. The molecule has 170 valence electrons. The van der Waals surface area contributed by atoms with Gasteiger partial charge < -0.3 is 15.3 Å². The second kappa shape index (κ2) is 10.0. The van der Waals surface area contributed by atoms with Gasteiger partial charge >= 0.3 is 0 Å². The average Bonchev–Trinajstić information content (AvgIpc) is 2.85. The highest BCUT2D eigenvalue weighted by atomic mass is 35.5. The third-order valence-corrected chi connectivity index (χ3v) is 6.04. The number of halogens is 1. The minimum Gasteiger partial charge on any atom is -0.384 e. The summed E-state index contributed by atoms with van der Waals surface area (Å²) in [6.07, 6.45) is 2.09. The van der Waals surface area contributed by atoms with Crippen LogP contribution in [0, 0.1) is 10.1 Å². The summed E-state index contributed by atoms with van der Waals surface area (Å²) < 4.78 is 0. The maximum atomic E-state index is 13.0. The Labute approximate surface area is 196 Å². The molecule has 0 bridgehead atoms. The van der Waals surface area contributed by atoms with Crippen molar-refractivity contribution in [2.24, 2.45) is 0 Å². The van der Waals surface area contributed by atoms with Crippen molar-refractivity contribution in [1.29, 1.82) is 0 Å². The summed E-state index contributed by atoms with van der Waals surface area (Å²) >= 11 is 6.15. The van der Waals surface area contributed by atoms with E-state index in [-0.39, 0.29) is 11.3 Å². The molecule has 1 aliphatic rings. The highest BCUT2D eigenvalue weighted by molar-refractivity contribution is 6.30. The fraction of sp³-hybridized carbons (Fsp3) is 0.240. The Morgan fingerprint density at radius 1 is 1.03 bits per heavy atom. The molecule has 7 nitrogen and oxygen atoms in total. The van der Waals surface area contributed by atoms with Crippen molar-refractivity contribution in [2.45, 2.75) is 25.4 Å². The summed E-state index contributed by atoms with van der Waals surface area (Å²) in [4.78, 5) is 26.3. The van der Waals surface area contributed by atoms with Crippen molar-refractivity contribution in [3.05, 3.63) is 98.6 Å². The van der Waals surface area contributed by atoms with Crippen LogP contribution in [0.15, 0.2) is 66.7 Å². The van der Waals surface area contributed by atoms with Crippen molar-refractivity contribution >= 4 is 34.6 Å².